The highest BCUT2D eigenvalue weighted by molar-refractivity contribution is 7.80. The maximum atomic E-state index is 12.8. The molecule has 104 valence electrons. The Labute approximate surface area is 123 Å². The van der Waals surface area contributed by atoms with Crippen LogP contribution in [0.5, 0.6) is 0 Å². The lowest BCUT2D eigenvalue weighted by Crippen LogP contribution is -2.56. The molecule has 2 rings (SSSR count). The smallest absolute Gasteiger partial charge is 0.235 e. The first kappa shape index (κ1) is 14.5. The van der Waals surface area contributed by atoms with Crippen molar-refractivity contribution in [1.29, 1.82) is 0 Å². The van der Waals surface area contributed by atoms with E-state index in [0.29, 0.717) is 24.0 Å². The van der Waals surface area contributed by atoms with E-state index in [-0.39, 0.29) is 5.91 Å². The van der Waals surface area contributed by atoms with Crippen LogP contribution in [0.15, 0.2) is 17.5 Å². The van der Waals surface area contributed by atoms with E-state index in [1.54, 1.807) is 11.3 Å². The number of carbonyl (C=O) groups is 1. The number of rotatable bonds is 5. The van der Waals surface area contributed by atoms with E-state index >= 15 is 0 Å². The van der Waals surface area contributed by atoms with Gasteiger partial charge in [0.15, 0.2) is 0 Å². The fraction of sp³-hybridized carbons (Fsp3) is 0.571. The minimum absolute atomic E-state index is 0.106. The lowest BCUT2D eigenvalue weighted by Gasteiger charge is -2.46. The Morgan fingerprint density at radius 1 is 1.63 bits per heavy atom. The Hall–Kier alpha value is -0.940. The van der Waals surface area contributed by atoms with E-state index in [1.807, 2.05) is 23.3 Å². The van der Waals surface area contributed by atoms with Crippen molar-refractivity contribution in [2.45, 2.75) is 33.2 Å². The van der Waals surface area contributed by atoms with E-state index < -0.39 is 5.41 Å². The largest absolute Gasteiger partial charge is 0.392 e. The van der Waals surface area contributed by atoms with Crippen molar-refractivity contribution in [3.8, 4) is 0 Å². The zero-order valence-electron chi connectivity index (χ0n) is 11.4. The van der Waals surface area contributed by atoms with Crippen LogP contribution in [-0.2, 0) is 11.3 Å². The summed E-state index contributed by atoms with van der Waals surface area (Å²) in [6.45, 7) is 5.49. The van der Waals surface area contributed by atoms with Crippen LogP contribution in [0.25, 0.3) is 0 Å². The minimum Gasteiger partial charge on any atom is -0.392 e. The summed E-state index contributed by atoms with van der Waals surface area (Å²) in [6, 6.07) is 4.06. The third-order valence-corrected chi connectivity index (χ3v) is 5.12. The predicted molar refractivity (Wildman–Crippen MR) is 83.0 cm³/mol. The summed E-state index contributed by atoms with van der Waals surface area (Å²) in [5.41, 5.74) is 5.27. The van der Waals surface area contributed by atoms with Gasteiger partial charge >= 0.3 is 0 Å². The molecule has 0 unspecified atom stereocenters. The molecule has 5 heteroatoms. The molecule has 1 aromatic heterocycles. The van der Waals surface area contributed by atoms with Crippen LogP contribution in [0.2, 0.25) is 0 Å². The average Bonchev–Trinajstić information content (AvgIpc) is 2.83. The van der Waals surface area contributed by atoms with Crippen molar-refractivity contribution >= 4 is 34.5 Å². The quantitative estimate of drug-likeness (QED) is 0.850. The van der Waals surface area contributed by atoms with Crippen molar-refractivity contribution < 1.29 is 4.79 Å². The Morgan fingerprint density at radius 2 is 2.32 bits per heavy atom. The summed E-state index contributed by atoms with van der Waals surface area (Å²) in [6.07, 6.45) is 1.59. The first-order valence-corrected chi connectivity index (χ1v) is 7.90. The van der Waals surface area contributed by atoms with Crippen molar-refractivity contribution in [3.05, 3.63) is 22.4 Å². The SMILES string of the molecule is CCN(Cc1cccs1)C(=O)C1(C(N)=S)CC(C)C1. The molecule has 0 radical (unpaired) electrons. The fourth-order valence-corrected chi connectivity index (χ4v) is 3.81. The highest BCUT2D eigenvalue weighted by Gasteiger charge is 2.52. The molecule has 1 saturated carbocycles. The maximum Gasteiger partial charge on any atom is 0.235 e. The molecule has 1 aromatic rings. The lowest BCUT2D eigenvalue weighted by atomic mass is 9.61. The highest BCUT2D eigenvalue weighted by Crippen LogP contribution is 2.47. The standard InChI is InChI=1S/C14H20N2OS2/c1-3-16(9-11-5-4-6-19-11)13(17)14(12(15)18)7-10(2)8-14/h4-6,10H,3,7-9H2,1-2H3,(H2,15,18). The van der Waals surface area contributed by atoms with Gasteiger partial charge in [0.25, 0.3) is 0 Å². The van der Waals surface area contributed by atoms with E-state index in [9.17, 15) is 4.79 Å². The summed E-state index contributed by atoms with van der Waals surface area (Å²) < 4.78 is 0. The Balaban J connectivity index is 2.13. The van der Waals surface area contributed by atoms with Gasteiger partial charge in [0.05, 0.1) is 16.9 Å². The second-order valence-corrected chi connectivity index (χ2v) is 6.83. The summed E-state index contributed by atoms with van der Waals surface area (Å²) in [4.78, 5) is 16.2. The molecule has 1 amide bonds. The summed E-state index contributed by atoms with van der Waals surface area (Å²) in [7, 11) is 0. The fourth-order valence-electron chi connectivity index (χ4n) is 2.83. The number of thiophene rings is 1. The number of hydrogen-bond donors (Lipinski definition) is 1. The van der Waals surface area contributed by atoms with E-state index in [2.05, 4.69) is 13.0 Å². The minimum atomic E-state index is -0.581. The molecule has 0 aliphatic heterocycles. The highest BCUT2D eigenvalue weighted by atomic mass is 32.1. The topological polar surface area (TPSA) is 46.3 Å². The van der Waals surface area contributed by atoms with Crippen molar-refractivity contribution in [2.75, 3.05) is 6.54 Å². The van der Waals surface area contributed by atoms with Gasteiger partial charge in [-0.3, -0.25) is 4.79 Å². The second kappa shape index (κ2) is 5.59. The van der Waals surface area contributed by atoms with Crippen molar-refractivity contribution in [2.24, 2.45) is 17.1 Å². The summed E-state index contributed by atoms with van der Waals surface area (Å²) in [5, 5.41) is 2.03. The number of thiocarbonyl (C=S) groups is 1. The van der Waals surface area contributed by atoms with Crippen LogP contribution in [-0.4, -0.2) is 22.3 Å². The first-order valence-electron chi connectivity index (χ1n) is 6.61. The van der Waals surface area contributed by atoms with Gasteiger partial charge in [0, 0.05) is 11.4 Å². The van der Waals surface area contributed by atoms with Gasteiger partial charge in [0.2, 0.25) is 5.91 Å². The van der Waals surface area contributed by atoms with Crippen LogP contribution >= 0.6 is 23.6 Å². The van der Waals surface area contributed by atoms with Crippen LogP contribution in [0.4, 0.5) is 0 Å². The number of carbonyl (C=O) groups excluding carboxylic acids is 1. The van der Waals surface area contributed by atoms with Gasteiger partial charge in [-0.1, -0.05) is 25.2 Å². The number of hydrogen-bond acceptors (Lipinski definition) is 3. The predicted octanol–water partition coefficient (Wildman–Crippen LogP) is 2.80. The summed E-state index contributed by atoms with van der Waals surface area (Å²) >= 11 is 6.83. The van der Waals surface area contributed by atoms with E-state index in [1.165, 1.54) is 4.88 Å². The van der Waals surface area contributed by atoms with Gasteiger partial charge in [0.1, 0.15) is 0 Å². The molecule has 3 nitrogen and oxygen atoms in total. The molecule has 2 N–H and O–H groups in total. The number of nitrogens with zero attached hydrogens (tertiary/aromatic N) is 1. The molecule has 0 saturated heterocycles. The number of amides is 1. The molecule has 1 aliphatic carbocycles. The molecule has 0 spiro atoms. The van der Waals surface area contributed by atoms with Gasteiger partial charge in [-0.15, -0.1) is 11.3 Å². The van der Waals surface area contributed by atoms with Gasteiger partial charge in [-0.05, 0) is 37.1 Å². The zero-order valence-corrected chi connectivity index (χ0v) is 13.0. The van der Waals surface area contributed by atoms with E-state index in [0.717, 1.165) is 12.8 Å². The molecule has 0 atom stereocenters. The van der Waals surface area contributed by atoms with Gasteiger partial charge < -0.3 is 10.6 Å². The Morgan fingerprint density at radius 3 is 2.74 bits per heavy atom. The molecular weight excluding hydrogens is 276 g/mol. The van der Waals surface area contributed by atoms with Crippen LogP contribution in [0.1, 0.15) is 31.6 Å². The lowest BCUT2D eigenvalue weighted by molar-refractivity contribution is -0.144. The number of nitrogens with two attached hydrogens (primary N) is 1. The second-order valence-electron chi connectivity index (χ2n) is 5.36. The molecular formula is C14H20N2OS2. The van der Waals surface area contributed by atoms with Gasteiger partial charge in [-0.25, -0.2) is 0 Å². The average molecular weight is 296 g/mol. The van der Waals surface area contributed by atoms with E-state index in [4.69, 9.17) is 18.0 Å². The Kier molecular flexibility index (Phi) is 4.26. The van der Waals surface area contributed by atoms with Crippen LogP contribution in [0.3, 0.4) is 0 Å². The third kappa shape index (κ3) is 2.67. The maximum absolute atomic E-state index is 12.8. The van der Waals surface area contributed by atoms with Crippen molar-refractivity contribution in [1.82, 2.24) is 4.90 Å². The molecule has 0 aromatic carbocycles. The van der Waals surface area contributed by atoms with Gasteiger partial charge in [-0.2, -0.15) is 0 Å². The zero-order chi connectivity index (χ0) is 14.0. The summed E-state index contributed by atoms with van der Waals surface area (Å²) in [5.74, 6) is 0.639. The van der Waals surface area contributed by atoms with Crippen molar-refractivity contribution in [3.63, 3.8) is 0 Å². The Bertz CT molecular complexity index is 464. The normalized spacial score (nSPS) is 25.7. The molecule has 1 fully saturated rings. The molecule has 19 heavy (non-hydrogen) atoms. The van der Waals surface area contributed by atoms with Crippen LogP contribution in [0, 0.1) is 11.3 Å². The molecule has 0 bridgehead atoms. The van der Waals surface area contributed by atoms with Crippen LogP contribution < -0.4 is 5.73 Å². The first-order chi connectivity index (χ1) is 8.99. The monoisotopic (exact) mass is 296 g/mol. The third-order valence-electron chi connectivity index (χ3n) is 3.87. The molecule has 1 aliphatic rings. The molecule has 1 heterocycles.